The molecule has 0 saturated heterocycles. The van der Waals surface area contributed by atoms with Crippen molar-refractivity contribution in [3.63, 3.8) is 0 Å². The van der Waals surface area contributed by atoms with Crippen molar-refractivity contribution in [2.45, 2.75) is 25.8 Å². The molecule has 0 aliphatic carbocycles. The molecule has 6 heteroatoms. The molecule has 0 N–H and O–H groups in total. The van der Waals surface area contributed by atoms with Crippen LogP contribution in [0.15, 0.2) is 53.8 Å². The molecule has 1 aliphatic rings. The van der Waals surface area contributed by atoms with Crippen LogP contribution in [-0.2, 0) is 11.2 Å². The van der Waals surface area contributed by atoms with Crippen LogP contribution in [0.25, 0.3) is 0 Å². The standard InChI is InChI=1S/C19H20FN3OS/c1-2-23(18(24)7-6-14-4-3-5-16(20)12-14)19-22-17(13-25-19)15-8-10-21-11-9-15/h3-5,8-12,17H,2,6-7,13H2,1H3. The molecule has 130 valence electrons. The number of aliphatic imine (C=N–C) groups is 1. The van der Waals surface area contributed by atoms with E-state index in [2.05, 4.69) is 4.98 Å². The van der Waals surface area contributed by atoms with Crippen molar-refractivity contribution in [2.75, 3.05) is 12.3 Å². The Kier molecular flexibility index (Phi) is 5.81. The third kappa shape index (κ3) is 4.45. The lowest BCUT2D eigenvalue weighted by Crippen LogP contribution is -2.34. The average Bonchev–Trinajstić information content (AvgIpc) is 3.11. The number of carbonyl (C=O) groups excluding carboxylic acids is 1. The van der Waals surface area contributed by atoms with Crippen molar-refractivity contribution in [2.24, 2.45) is 4.99 Å². The number of hydrogen-bond donors (Lipinski definition) is 0. The topological polar surface area (TPSA) is 45.6 Å². The van der Waals surface area contributed by atoms with Crippen LogP contribution in [0.3, 0.4) is 0 Å². The van der Waals surface area contributed by atoms with E-state index in [0.29, 0.717) is 19.4 Å². The van der Waals surface area contributed by atoms with Gasteiger partial charge in [0, 0.05) is 31.1 Å². The summed E-state index contributed by atoms with van der Waals surface area (Å²) in [5.74, 6) is 0.578. The number of amidine groups is 1. The number of thioether (sulfide) groups is 1. The first-order valence-corrected chi connectivity index (χ1v) is 9.31. The molecule has 1 aromatic carbocycles. The molecule has 0 bridgehead atoms. The molecular weight excluding hydrogens is 337 g/mol. The molecule has 0 spiro atoms. The van der Waals surface area contributed by atoms with E-state index in [0.717, 1.165) is 22.0 Å². The maximum absolute atomic E-state index is 13.2. The summed E-state index contributed by atoms with van der Waals surface area (Å²) < 4.78 is 13.2. The Balaban J connectivity index is 1.64. The van der Waals surface area contributed by atoms with Gasteiger partial charge in [-0.15, -0.1) is 0 Å². The highest BCUT2D eigenvalue weighted by Crippen LogP contribution is 2.31. The Hall–Kier alpha value is -2.21. The first-order chi connectivity index (χ1) is 12.2. The van der Waals surface area contributed by atoms with Gasteiger partial charge in [0.15, 0.2) is 5.17 Å². The summed E-state index contributed by atoms with van der Waals surface area (Å²) in [7, 11) is 0. The Morgan fingerprint density at radius 2 is 2.12 bits per heavy atom. The fourth-order valence-corrected chi connectivity index (χ4v) is 3.92. The zero-order valence-corrected chi connectivity index (χ0v) is 14.9. The number of carbonyl (C=O) groups is 1. The van der Waals surface area contributed by atoms with E-state index in [1.54, 1.807) is 35.1 Å². The van der Waals surface area contributed by atoms with Gasteiger partial charge in [0.2, 0.25) is 5.91 Å². The summed E-state index contributed by atoms with van der Waals surface area (Å²) in [6.07, 6.45) is 4.39. The molecule has 0 radical (unpaired) electrons. The maximum Gasteiger partial charge on any atom is 0.228 e. The van der Waals surface area contributed by atoms with E-state index in [1.807, 2.05) is 25.1 Å². The number of benzene rings is 1. The van der Waals surface area contributed by atoms with Crippen LogP contribution in [0.1, 0.15) is 30.5 Å². The average molecular weight is 357 g/mol. The molecule has 1 aromatic heterocycles. The summed E-state index contributed by atoms with van der Waals surface area (Å²) in [4.78, 5) is 23.1. The van der Waals surface area contributed by atoms with Crippen LogP contribution >= 0.6 is 11.8 Å². The van der Waals surface area contributed by atoms with Crippen LogP contribution in [0.2, 0.25) is 0 Å². The zero-order chi connectivity index (χ0) is 17.6. The molecule has 25 heavy (non-hydrogen) atoms. The van der Waals surface area contributed by atoms with Crippen LogP contribution in [0.5, 0.6) is 0 Å². The number of amides is 1. The minimum atomic E-state index is -0.270. The number of hydrogen-bond acceptors (Lipinski definition) is 4. The molecule has 1 unspecified atom stereocenters. The van der Waals surface area contributed by atoms with Gasteiger partial charge in [-0.2, -0.15) is 0 Å². The molecule has 4 nitrogen and oxygen atoms in total. The number of aryl methyl sites for hydroxylation is 1. The lowest BCUT2D eigenvalue weighted by atomic mass is 10.1. The molecule has 2 heterocycles. The molecular formula is C19H20FN3OS. The normalized spacial score (nSPS) is 16.6. The lowest BCUT2D eigenvalue weighted by Gasteiger charge is -2.20. The SMILES string of the molecule is CCN(C(=O)CCc1cccc(F)c1)C1=NC(c2ccncc2)CS1. The number of nitrogens with zero attached hydrogens (tertiary/aromatic N) is 3. The first kappa shape index (κ1) is 17.6. The van der Waals surface area contributed by atoms with Crippen molar-refractivity contribution in [1.82, 2.24) is 9.88 Å². The van der Waals surface area contributed by atoms with E-state index < -0.39 is 0 Å². The van der Waals surface area contributed by atoms with E-state index in [-0.39, 0.29) is 17.8 Å². The summed E-state index contributed by atoms with van der Waals surface area (Å²) in [6, 6.07) is 10.4. The summed E-state index contributed by atoms with van der Waals surface area (Å²) in [5, 5.41) is 0.772. The van der Waals surface area contributed by atoms with Gasteiger partial charge in [-0.3, -0.25) is 19.7 Å². The Morgan fingerprint density at radius 1 is 1.32 bits per heavy atom. The van der Waals surface area contributed by atoms with Crippen LogP contribution in [0.4, 0.5) is 4.39 Å². The number of rotatable bonds is 5. The predicted octanol–water partition coefficient (Wildman–Crippen LogP) is 3.85. The molecule has 3 rings (SSSR count). The van der Waals surface area contributed by atoms with Gasteiger partial charge in [0.05, 0.1) is 6.04 Å². The van der Waals surface area contributed by atoms with Gasteiger partial charge < -0.3 is 0 Å². The lowest BCUT2D eigenvalue weighted by molar-refractivity contribution is -0.127. The van der Waals surface area contributed by atoms with Crippen molar-refractivity contribution in [1.29, 1.82) is 0 Å². The van der Waals surface area contributed by atoms with Crippen molar-refractivity contribution in [3.05, 3.63) is 65.7 Å². The number of halogens is 1. The maximum atomic E-state index is 13.2. The highest BCUT2D eigenvalue weighted by molar-refractivity contribution is 8.14. The smallest absolute Gasteiger partial charge is 0.228 e. The highest BCUT2D eigenvalue weighted by atomic mass is 32.2. The van der Waals surface area contributed by atoms with Gasteiger partial charge >= 0.3 is 0 Å². The summed E-state index contributed by atoms with van der Waals surface area (Å²) in [6.45, 7) is 2.53. The third-order valence-corrected chi connectivity index (χ3v) is 5.16. The minimum absolute atomic E-state index is 0.0217. The monoisotopic (exact) mass is 357 g/mol. The fourth-order valence-electron chi connectivity index (χ4n) is 2.76. The van der Waals surface area contributed by atoms with Gasteiger partial charge in [0.25, 0.3) is 0 Å². The Morgan fingerprint density at radius 3 is 2.84 bits per heavy atom. The molecule has 1 aliphatic heterocycles. The Bertz CT molecular complexity index is 766. The second kappa shape index (κ2) is 8.25. The molecule has 1 amide bonds. The van der Waals surface area contributed by atoms with E-state index in [9.17, 15) is 9.18 Å². The van der Waals surface area contributed by atoms with E-state index in [4.69, 9.17) is 4.99 Å². The first-order valence-electron chi connectivity index (χ1n) is 8.32. The molecule has 1 atom stereocenters. The van der Waals surface area contributed by atoms with Crippen LogP contribution < -0.4 is 0 Å². The number of aromatic nitrogens is 1. The Labute approximate surface area is 151 Å². The van der Waals surface area contributed by atoms with Gasteiger partial charge in [-0.25, -0.2) is 4.39 Å². The van der Waals surface area contributed by atoms with Crippen molar-refractivity contribution < 1.29 is 9.18 Å². The van der Waals surface area contributed by atoms with Crippen LogP contribution in [-0.4, -0.2) is 33.3 Å². The zero-order valence-electron chi connectivity index (χ0n) is 14.1. The number of pyridine rings is 1. The van der Waals surface area contributed by atoms with Gasteiger partial charge in [-0.05, 0) is 48.7 Å². The summed E-state index contributed by atoms with van der Waals surface area (Å²) in [5.41, 5.74) is 1.95. The fraction of sp³-hybridized carbons (Fsp3) is 0.316. The molecule has 0 fully saturated rings. The quantitative estimate of drug-likeness (QED) is 0.817. The molecule has 0 saturated carbocycles. The largest absolute Gasteiger partial charge is 0.292 e. The van der Waals surface area contributed by atoms with Crippen LogP contribution in [0, 0.1) is 5.82 Å². The van der Waals surface area contributed by atoms with E-state index in [1.165, 1.54) is 12.1 Å². The minimum Gasteiger partial charge on any atom is -0.292 e. The van der Waals surface area contributed by atoms with Crippen molar-refractivity contribution >= 4 is 22.8 Å². The molecule has 2 aromatic rings. The van der Waals surface area contributed by atoms with Gasteiger partial charge in [-0.1, -0.05) is 23.9 Å². The highest BCUT2D eigenvalue weighted by Gasteiger charge is 2.26. The second-order valence-corrected chi connectivity index (χ2v) is 6.77. The predicted molar refractivity (Wildman–Crippen MR) is 99.0 cm³/mol. The van der Waals surface area contributed by atoms with E-state index >= 15 is 0 Å². The van der Waals surface area contributed by atoms with Crippen molar-refractivity contribution in [3.8, 4) is 0 Å². The van der Waals surface area contributed by atoms with Gasteiger partial charge in [0.1, 0.15) is 5.82 Å². The third-order valence-electron chi connectivity index (χ3n) is 4.09. The second-order valence-electron chi connectivity index (χ2n) is 5.79. The summed E-state index contributed by atoms with van der Waals surface area (Å²) >= 11 is 1.61.